The van der Waals surface area contributed by atoms with E-state index >= 15 is 0 Å². The van der Waals surface area contributed by atoms with Crippen LogP contribution in [0.3, 0.4) is 0 Å². The molecule has 1 N–H and O–H groups in total. The molecule has 1 aliphatic heterocycles. The van der Waals surface area contributed by atoms with Crippen molar-refractivity contribution in [1.82, 2.24) is 15.1 Å². The fourth-order valence-electron chi connectivity index (χ4n) is 3.79. The zero-order valence-corrected chi connectivity index (χ0v) is 19.1. The fourth-order valence-corrected chi connectivity index (χ4v) is 3.79. The van der Waals surface area contributed by atoms with Crippen molar-refractivity contribution in [3.8, 4) is 0 Å². The molecule has 1 fully saturated rings. The van der Waals surface area contributed by atoms with Crippen LogP contribution in [0.5, 0.6) is 0 Å². The Kier molecular flexibility index (Phi) is 8.89. The van der Waals surface area contributed by atoms with Gasteiger partial charge in [0.15, 0.2) is 5.96 Å². The molecule has 6 heteroatoms. The largest absolute Gasteiger partial charge is 0.459 e. The highest BCUT2D eigenvalue weighted by Gasteiger charge is 2.18. The number of para-hydroxylation sites is 1. The Balaban J connectivity index is 0.00000261. The van der Waals surface area contributed by atoms with Crippen LogP contribution in [-0.4, -0.2) is 56.0 Å². The fraction of sp³-hybridized carbons (Fsp3) is 0.571. The lowest BCUT2D eigenvalue weighted by atomic mass is 9.93. The summed E-state index contributed by atoms with van der Waals surface area (Å²) in [5.41, 5.74) is 0.942. The Morgan fingerprint density at radius 2 is 2.04 bits per heavy atom. The Morgan fingerprint density at radius 3 is 2.70 bits per heavy atom. The number of benzene rings is 1. The van der Waals surface area contributed by atoms with Gasteiger partial charge in [0, 0.05) is 26.0 Å². The Hall–Kier alpha value is -1.28. The van der Waals surface area contributed by atoms with Crippen LogP contribution in [0.2, 0.25) is 0 Å². The number of nitrogens with zero attached hydrogens (tertiary/aromatic N) is 3. The van der Waals surface area contributed by atoms with Gasteiger partial charge in [-0.15, -0.1) is 24.0 Å². The quantitative estimate of drug-likeness (QED) is 0.380. The van der Waals surface area contributed by atoms with E-state index in [1.165, 1.54) is 38.9 Å². The molecule has 0 saturated carbocycles. The highest BCUT2D eigenvalue weighted by Crippen LogP contribution is 2.21. The normalized spacial score (nSPS) is 16.3. The lowest BCUT2D eigenvalue weighted by molar-refractivity contribution is 0.187. The number of aliphatic imine (C=N–C) groups is 1. The van der Waals surface area contributed by atoms with Gasteiger partial charge in [0.1, 0.15) is 11.3 Å². The van der Waals surface area contributed by atoms with Gasteiger partial charge in [-0.2, -0.15) is 0 Å². The predicted molar refractivity (Wildman–Crippen MR) is 124 cm³/mol. The van der Waals surface area contributed by atoms with Crippen LogP contribution in [-0.2, 0) is 6.54 Å². The summed E-state index contributed by atoms with van der Waals surface area (Å²) < 4.78 is 5.92. The van der Waals surface area contributed by atoms with Crippen molar-refractivity contribution < 1.29 is 4.42 Å². The molecule has 1 aromatic heterocycles. The second-order valence-electron chi connectivity index (χ2n) is 7.25. The van der Waals surface area contributed by atoms with Crippen molar-refractivity contribution in [2.75, 3.05) is 40.3 Å². The van der Waals surface area contributed by atoms with Crippen LogP contribution < -0.4 is 5.32 Å². The number of likely N-dealkylation sites (tertiary alicyclic amines) is 1. The monoisotopic (exact) mass is 484 g/mol. The first kappa shape index (κ1) is 22.0. The molecule has 0 aliphatic carbocycles. The van der Waals surface area contributed by atoms with Crippen LogP contribution in [0.4, 0.5) is 0 Å². The molecule has 2 aromatic rings. The number of guanidine groups is 1. The molecule has 1 aliphatic rings. The molecule has 0 bridgehead atoms. The molecule has 5 nitrogen and oxygen atoms in total. The lowest BCUT2D eigenvalue weighted by Gasteiger charge is -2.31. The number of nitrogens with one attached hydrogen (secondary N) is 1. The average Bonchev–Trinajstić information content (AvgIpc) is 3.07. The first-order valence-electron chi connectivity index (χ1n) is 9.81. The number of furan rings is 1. The molecule has 27 heavy (non-hydrogen) atoms. The number of halogens is 1. The van der Waals surface area contributed by atoms with E-state index in [0.29, 0.717) is 6.54 Å². The minimum atomic E-state index is 0. The van der Waals surface area contributed by atoms with Gasteiger partial charge >= 0.3 is 0 Å². The second kappa shape index (κ2) is 10.9. The van der Waals surface area contributed by atoms with Crippen LogP contribution in [0.25, 0.3) is 11.0 Å². The highest BCUT2D eigenvalue weighted by atomic mass is 127. The van der Waals surface area contributed by atoms with Crippen molar-refractivity contribution in [2.45, 2.75) is 32.7 Å². The van der Waals surface area contributed by atoms with Crippen molar-refractivity contribution in [3.63, 3.8) is 0 Å². The molecule has 0 radical (unpaired) electrons. The van der Waals surface area contributed by atoms with E-state index < -0.39 is 0 Å². The van der Waals surface area contributed by atoms with Crippen LogP contribution in [0.15, 0.2) is 39.7 Å². The number of hydrogen-bond donors (Lipinski definition) is 1. The molecule has 0 spiro atoms. The standard InChI is InChI=1S/C21H32N4O.HI/c1-4-25-13-10-17(11-14-25)9-12-23-21(22-2)24(3)16-19-15-18-7-5-6-8-20(18)26-19;/h5-8,15,17H,4,9-14,16H2,1-3H3,(H,22,23);1H. The summed E-state index contributed by atoms with van der Waals surface area (Å²) in [5.74, 6) is 2.73. The van der Waals surface area contributed by atoms with Gasteiger partial charge in [0.05, 0.1) is 6.54 Å². The molecule has 1 saturated heterocycles. The van der Waals surface area contributed by atoms with Crippen LogP contribution >= 0.6 is 24.0 Å². The van der Waals surface area contributed by atoms with Crippen molar-refractivity contribution in [2.24, 2.45) is 10.9 Å². The van der Waals surface area contributed by atoms with Gasteiger partial charge in [-0.05, 0) is 56.9 Å². The third-order valence-corrected chi connectivity index (χ3v) is 5.43. The molecule has 1 aromatic carbocycles. The molecule has 2 heterocycles. The van der Waals surface area contributed by atoms with Crippen molar-refractivity contribution in [1.29, 1.82) is 0 Å². The highest BCUT2D eigenvalue weighted by molar-refractivity contribution is 14.0. The van der Waals surface area contributed by atoms with Gasteiger partial charge in [-0.3, -0.25) is 4.99 Å². The first-order valence-corrected chi connectivity index (χ1v) is 9.81. The number of rotatable bonds is 6. The van der Waals surface area contributed by atoms with E-state index in [9.17, 15) is 0 Å². The van der Waals surface area contributed by atoms with Gasteiger partial charge in [-0.1, -0.05) is 25.1 Å². The number of fused-ring (bicyclic) bond motifs is 1. The van der Waals surface area contributed by atoms with E-state index in [2.05, 4.69) is 46.2 Å². The summed E-state index contributed by atoms with van der Waals surface area (Å²) >= 11 is 0. The summed E-state index contributed by atoms with van der Waals surface area (Å²) in [7, 11) is 3.90. The second-order valence-corrected chi connectivity index (χ2v) is 7.25. The van der Waals surface area contributed by atoms with Gasteiger partial charge < -0.3 is 19.5 Å². The zero-order valence-electron chi connectivity index (χ0n) is 16.8. The third-order valence-electron chi connectivity index (χ3n) is 5.43. The molecular weight excluding hydrogens is 451 g/mol. The minimum Gasteiger partial charge on any atom is -0.459 e. The van der Waals surface area contributed by atoms with E-state index in [1.54, 1.807) is 0 Å². The Labute approximate surface area is 180 Å². The lowest BCUT2D eigenvalue weighted by Crippen LogP contribution is -2.40. The molecule has 0 amide bonds. The van der Waals surface area contributed by atoms with Crippen LogP contribution in [0.1, 0.15) is 31.9 Å². The maximum absolute atomic E-state index is 5.92. The van der Waals surface area contributed by atoms with Crippen molar-refractivity contribution >= 4 is 40.9 Å². The Morgan fingerprint density at radius 1 is 1.30 bits per heavy atom. The maximum Gasteiger partial charge on any atom is 0.193 e. The number of hydrogen-bond acceptors (Lipinski definition) is 3. The molecule has 0 atom stereocenters. The smallest absolute Gasteiger partial charge is 0.193 e. The molecule has 150 valence electrons. The van der Waals surface area contributed by atoms with Gasteiger partial charge in [-0.25, -0.2) is 0 Å². The molecule has 3 rings (SSSR count). The van der Waals surface area contributed by atoms with Gasteiger partial charge in [0.25, 0.3) is 0 Å². The first-order chi connectivity index (χ1) is 12.7. The zero-order chi connectivity index (χ0) is 18.4. The van der Waals surface area contributed by atoms with E-state index in [0.717, 1.165) is 35.2 Å². The third kappa shape index (κ3) is 6.10. The van der Waals surface area contributed by atoms with E-state index in [1.807, 2.05) is 25.2 Å². The van der Waals surface area contributed by atoms with E-state index in [4.69, 9.17) is 4.42 Å². The number of piperidine rings is 1. The topological polar surface area (TPSA) is 44.0 Å². The van der Waals surface area contributed by atoms with E-state index in [-0.39, 0.29) is 24.0 Å². The summed E-state index contributed by atoms with van der Waals surface area (Å²) in [5, 5.41) is 4.67. The Bertz CT molecular complexity index is 689. The maximum atomic E-state index is 5.92. The molecule has 0 unspecified atom stereocenters. The summed E-state index contributed by atoms with van der Waals surface area (Å²) in [6, 6.07) is 10.2. The van der Waals surface area contributed by atoms with Crippen molar-refractivity contribution in [3.05, 3.63) is 36.1 Å². The summed E-state index contributed by atoms with van der Waals surface area (Å²) in [6.45, 7) is 7.63. The van der Waals surface area contributed by atoms with Crippen LogP contribution in [0, 0.1) is 5.92 Å². The predicted octanol–water partition coefficient (Wildman–Crippen LogP) is 4.18. The minimum absolute atomic E-state index is 0. The average molecular weight is 484 g/mol. The van der Waals surface area contributed by atoms with Gasteiger partial charge in [0.2, 0.25) is 0 Å². The summed E-state index contributed by atoms with van der Waals surface area (Å²) in [6.07, 6.45) is 3.86. The molecular formula is C21H33IN4O. The summed E-state index contributed by atoms with van der Waals surface area (Å²) in [4.78, 5) is 9.10. The SMILES string of the molecule is CCN1CCC(CCNC(=NC)N(C)Cc2cc3ccccc3o2)CC1.I.